The van der Waals surface area contributed by atoms with Gasteiger partial charge in [-0.2, -0.15) is 0 Å². The molecule has 0 unspecified atom stereocenters. The van der Waals surface area contributed by atoms with E-state index in [0.29, 0.717) is 0 Å². The van der Waals surface area contributed by atoms with Gasteiger partial charge in [-0.3, -0.25) is 0 Å². The minimum Gasteiger partial charge on any atom is -0.143 e. The smallest absolute Gasteiger partial charge is 0.0421 e. The van der Waals surface area contributed by atoms with Crippen molar-refractivity contribution in [2.75, 3.05) is 0 Å². The van der Waals surface area contributed by atoms with E-state index in [1.54, 1.807) is 0 Å². The molecule has 1 aromatic heterocycles. The maximum absolute atomic E-state index is 2.21. The minimum absolute atomic E-state index is 1.29. The number of thiophene rings is 1. The topological polar surface area (TPSA) is 0 Å². The molecule has 0 spiro atoms. The number of hydrogen-bond acceptors (Lipinski definition) is 1. The summed E-state index contributed by atoms with van der Waals surface area (Å²) in [6, 6.07) is 19.7. The Bertz CT molecular complexity index is 612. The maximum Gasteiger partial charge on any atom is 0.0421 e. The van der Waals surface area contributed by atoms with Gasteiger partial charge in [0.1, 0.15) is 0 Å². The van der Waals surface area contributed by atoms with Crippen molar-refractivity contribution < 1.29 is 0 Å². The first-order valence-electron chi connectivity index (χ1n) is 6.45. The van der Waals surface area contributed by atoms with Gasteiger partial charge >= 0.3 is 0 Å². The molecule has 0 aliphatic rings. The normalized spacial score (nSPS) is 10.6. The highest BCUT2D eigenvalue weighted by Gasteiger charge is 2.08. The van der Waals surface area contributed by atoms with E-state index in [4.69, 9.17) is 0 Å². The fraction of sp³-hybridized carbons (Fsp3) is 0.111. The van der Waals surface area contributed by atoms with Crippen LogP contribution in [0.3, 0.4) is 0 Å². The molecule has 3 rings (SSSR count). The lowest BCUT2D eigenvalue weighted by molar-refractivity contribution is 1.47. The number of hydrogen-bond donors (Lipinski definition) is 0. The van der Waals surface area contributed by atoms with Crippen molar-refractivity contribution in [3.8, 4) is 21.6 Å². The average molecular weight is 264 g/mol. The lowest BCUT2D eigenvalue weighted by atomic mass is 10.0. The molecule has 1 heteroatoms. The third kappa shape index (κ3) is 2.47. The predicted molar refractivity (Wildman–Crippen MR) is 84.7 cm³/mol. The van der Waals surface area contributed by atoms with Crippen LogP contribution in [0.25, 0.3) is 21.6 Å². The summed E-state index contributed by atoms with van der Waals surface area (Å²) in [5.74, 6) is 0. The van der Waals surface area contributed by atoms with Gasteiger partial charge in [0, 0.05) is 10.4 Å². The van der Waals surface area contributed by atoms with E-state index in [1.165, 1.54) is 32.7 Å². The highest BCUT2D eigenvalue weighted by molar-refractivity contribution is 7.14. The minimum atomic E-state index is 1.29. The van der Waals surface area contributed by atoms with Crippen LogP contribution in [0.5, 0.6) is 0 Å². The van der Waals surface area contributed by atoms with Crippen LogP contribution in [-0.2, 0) is 0 Å². The fourth-order valence-electron chi connectivity index (χ4n) is 2.20. The van der Waals surface area contributed by atoms with Gasteiger partial charge in [0.2, 0.25) is 0 Å². The first-order valence-corrected chi connectivity index (χ1v) is 7.33. The molecule has 0 atom stereocenters. The zero-order valence-electron chi connectivity index (χ0n) is 11.2. The molecule has 2 aromatic carbocycles. The van der Waals surface area contributed by atoms with Gasteiger partial charge in [-0.1, -0.05) is 59.7 Å². The van der Waals surface area contributed by atoms with Gasteiger partial charge in [-0.05, 0) is 36.4 Å². The molecule has 3 aromatic rings. The van der Waals surface area contributed by atoms with Crippen LogP contribution < -0.4 is 0 Å². The van der Waals surface area contributed by atoms with Crippen molar-refractivity contribution in [1.82, 2.24) is 0 Å². The SMILES string of the molecule is Cc1ccc(-c2ccsc2-c2ccc(C)cc2)cc1. The summed E-state index contributed by atoms with van der Waals surface area (Å²) in [5.41, 5.74) is 6.53. The van der Waals surface area contributed by atoms with Crippen LogP contribution >= 0.6 is 11.3 Å². The van der Waals surface area contributed by atoms with E-state index >= 15 is 0 Å². The molecular weight excluding hydrogens is 248 g/mol. The van der Waals surface area contributed by atoms with Gasteiger partial charge < -0.3 is 0 Å². The Morgan fingerprint density at radius 2 is 1.16 bits per heavy atom. The first kappa shape index (κ1) is 12.2. The zero-order chi connectivity index (χ0) is 13.2. The van der Waals surface area contributed by atoms with Crippen LogP contribution in [0.15, 0.2) is 60.0 Å². The van der Waals surface area contributed by atoms with E-state index in [-0.39, 0.29) is 0 Å². The molecule has 0 N–H and O–H groups in total. The number of benzene rings is 2. The quantitative estimate of drug-likeness (QED) is 0.557. The van der Waals surface area contributed by atoms with Crippen molar-refractivity contribution in [2.24, 2.45) is 0 Å². The van der Waals surface area contributed by atoms with E-state index in [1.807, 2.05) is 11.3 Å². The van der Waals surface area contributed by atoms with E-state index in [0.717, 1.165) is 0 Å². The first-order chi connectivity index (χ1) is 9.24. The molecule has 0 fully saturated rings. The Hall–Kier alpha value is -1.86. The molecule has 0 bridgehead atoms. The van der Waals surface area contributed by atoms with Crippen LogP contribution in [0.1, 0.15) is 11.1 Å². The summed E-state index contributed by atoms with van der Waals surface area (Å²) < 4.78 is 0. The average Bonchev–Trinajstić information content (AvgIpc) is 2.90. The molecule has 94 valence electrons. The Kier molecular flexibility index (Phi) is 3.22. The van der Waals surface area contributed by atoms with Crippen molar-refractivity contribution in [3.63, 3.8) is 0 Å². The molecule has 0 nitrogen and oxygen atoms in total. The zero-order valence-corrected chi connectivity index (χ0v) is 12.0. The van der Waals surface area contributed by atoms with Gasteiger partial charge in [0.25, 0.3) is 0 Å². The molecule has 0 amide bonds. The molecule has 0 saturated heterocycles. The fourth-order valence-corrected chi connectivity index (χ4v) is 3.12. The second-order valence-corrected chi connectivity index (χ2v) is 5.81. The van der Waals surface area contributed by atoms with Gasteiger partial charge in [0.15, 0.2) is 0 Å². The summed E-state index contributed by atoms with van der Waals surface area (Å²) >= 11 is 1.81. The van der Waals surface area contributed by atoms with Crippen molar-refractivity contribution in [2.45, 2.75) is 13.8 Å². The summed E-state index contributed by atoms with van der Waals surface area (Å²) in [4.78, 5) is 1.35. The van der Waals surface area contributed by atoms with E-state index < -0.39 is 0 Å². The Balaban J connectivity index is 2.07. The number of aryl methyl sites for hydroxylation is 2. The Morgan fingerprint density at radius 1 is 0.632 bits per heavy atom. The van der Waals surface area contributed by atoms with Gasteiger partial charge in [-0.25, -0.2) is 0 Å². The van der Waals surface area contributed by atoms with E-state index in [9.17, 15) is 0 Å². The van der Waals surface area contributed by atoms with Crippen LogP contribution in [0, 0.1) is 13.8 Å². The third-order valence-corrected chi connectivity index (χ3v) is 4.31. The van der Waals surface area contributed by atoms with Crippen LogP contribution in [0.4, 0.5) is 0 Å². The molecular formula is C18H16S. The number of rotatable bonds is 2. The van der Waals surface area contributed by atoms with Crippen molar-refractivity contribution in [3.05, 3.63) is 71.1 Å². The molecule has 0 aliphatic heterocycles. The summed E-state index contributed by atoms with van der Waals surface area (Å²) in [6.45, 7) is 4.25. The third-order valence-electron chi connectivity index (χ3n) is 3.34. The highest BCUT2D eigenvalue weighted by Crippen LogP contribution is 2.36. The Labute approximate surface area is 118 Å². The largest absolute Gasteiger partial charge is 0.143 e. The standard InChI is InChI=1S/C18H16S/c1-13-3-7-15(8-4-13)17-11-12-19-18(17)16-9-5-14(2)6-10-16/h3-12H,1-2H3. The van der Waals surface area contributed by atoms with Crippen LogP contribution in [-0.4, -0.2) is 0 Å². The van der Waals surface area contributed by atoms with Crippen molar-refractivity contribution in [1.29, 1.82) is 0 Å². The lowest BCUT2D eigenvalue weighted by Gasteiger charge is -2.05. The second kappa shape index (κ2) is 5.02. The highest BCUT2D eigenvalue weighted by atomic mass is 32.1. The summed E-state index contributed by atoms with van der Waals surface area (Å²) in [7, 11) is 0. The summed E-state index contributed by atoms with van der Waals surface area (Å²) in [6.07, 6.45) is 0. The van der Waals surface area contributed by atoms with Gasteiger partial charge in [0.05, 0.1) is 0 Å². The van der Waals surface area contributed by atoms with E-state index in [2.05, 4.69) is 73.8 Å². The summed E-state index contributed by atoms with van der Waals surface area (Å²) in [5, 5.41) is 2.17. The predicted octanol–water partition coefficient (Wildman–Crippen LogP) is 5.70. The molecule has 19 heavy (non-hydrogen) atoms. The Morgan fingerprint density at radius 3 is 1.74 bits per heavy atom. The second-order valence-electron chi connectivity index (χ2n) is 4.90. The van der Waals surface area contributed by atoms with Crippen LogP contribution in [0.2, 0.25) is 0 Å². The molecule has 0 radical (unpaired) electrons. The van der Waals surface area contributed by atoms with Gasteiger partial charge in [-0.15, -0.1) is 11.3 Å². The molecule has 1 heterocycles. The molecule has 0 saturated carbocycles. The van der Waals surface area contributed by atoms with Crippen molar-refractivity contribution >= 4 is 11.3 Å². The monoisotopic (exact) mass is 264 g/mol. The lowest BCUT2D eigenvalue weighted by Crippen LogP contribution is -1.80. The maximum atomic E-state index is 2.21. The molecule has 0 aliphatic carbocycles.